The van der Waals surface area contributed by atoms with Crippen molar-refractivity contribution >= 4 is 39.3 Å². The maximum absolute atomic E-state index is 13.6. The molecule has 1 aromatic heterocycles. The van der Waals surface area contributed by atoms with Crippen LogP contribution in [0.5, 0.6) is 17.2 Å². The van der Waals surface area contributed by atoms with Crippen molar-refractivity contribution in [2.24, 2.45) is 5.73 Å². The van der Waals surface area contributed by atoms with Gasteiger partial charge in [0.15, 0.2) is 5.75 Å². The van der Waals surface area contributed by atoms with Gasteiger partial charge in [0.05, 0.1) is 38.7 Å². The number of carbonyl (C=O) groups is 2. The van der Waals surface area contributed by atoms with E-state index in [-0.39, 0.29) is 35.0 Å². The number of ether oxygens (including phenoxy) is 3. The fourth-order valence-electron chi connectivity index (χ4n) is 3.87. The molecular weight excluding hydrogens is 574 g/mol. The second-order valence-electron chi connectivity index (χ2n) is 8.54. The van der Waals surface area contributed by atoms with E-state index in [9.17, 15) is 18.0 Å². The molecule has 4 N–H and O–H groups in total. The van der Waals surface area contributed by atoms with Crippen LogP contribution in [0.15, 0.2) is 78.0 Å². The number of hydrogen-bond acceptors (Lipinski definition) is 8. The minimum Gasteiger partial charge on any atom is -0.497 e. The number of nitrogens with one attached hydrogen (secondary N) is 2. The van der Waals surface area contributed by atoms with Gasteiger partial charge in [-0.2, -0.15) is 5.10 Å². The summed E-state index contributed by atoms with van der Waals surface area (Å²) in [4.78, 5) is 23.7. The van der Waals surface area contributed by atoms with Crippen LogP contribution in [-0.2, 0) is 27.8 Å². The van der Waals surface area contributed by atoms with Crippen LogP contribution in [0.1, 0.15) is 11.1 Å². The lowest BCUT2D eigenvalue weighted by molar-refractivity contribution is -0.115. The number of anilines is 1. The number of carbonyl (C=O) groups excluding carboxylic acids is 2. The number of methoxy groups -OCH3 is 2. The Hall–Kier alpha value is -4.59. The highest BCUT2D eigenvalue weighted by atomic mass is 35.5. The van der Waals surface area contributed by atoms with Crippen LogP contribution in [0, 0.1) is 0 Å². The molecule has 0 unspecified atom stereocenters. The quantitative estimate of drug-likeness (QED) is 0.235. The third-order valence-electron chi connectivity index (χ3n) is 5.81. The number of aromatic nitrogens is 2. The summed E-state index contributed by atoms with van der Waals surface area (Å²) in [7, 11) is -1.25. The van der Waals surface area contributed by atoms with Gasteiger partial charge in [0.2, 0.25) is 15.9 Å². The smallest absolute Gasteiger partial charge is 0.410 e. The summed E-state index contributed by atoms with van der Waals surface area (Å²) in [5, 5.41) is 7.23. The molecule has 0 aliphatic rings. The predicted octanol–water partition coefficient (Wildman–Crippen LogP) is 3.66. The zero-order valence-electron chi connectivity index (χ0n) is 22.0. The van der Waals surface area contributed by atoms with Crippen molar-refractivity contribution in [2.75, 3.05) is 19.5 Å². The fraction of sp³-hybridized carbons (Fsp3) is 0.148. The summed E-state index contributed by atoms with van der Waals surface area (Å²) in [5.41, 5.74) is 6.57. The average molecular weight is 600 g/mol. The standard InChI is InChI=1S/C27H26ClN5O7S/c1-38-20-9-7-18(24(13-20)39-2)14-31-41(36,37)25-12-19(32-26(34)11-17-5-3-4-6-22(17)28)8-10-23(25)33-16-21(15-30-33)40-27(29)35/h3-10,12-13,15-16,31H,11,14H2,1-2H3,(H2,29,35)(H,32,34). The maximum atomic E-state index is 13.6. The Morgan fingerprint density at radius 3 is 2.49 bits per heavy atom. The van der Waals surface area contributed by atoms with E-state index in [1.165, 1.54) is 49.5 Å². The Morgan fingerprint density at radius 1 is 1.00 bits per heavy atom. The lowest BCUT2D eigenvalue weighted by atomic mass is 10.1. The van der Waals surface area contributed by atoms with E-state index in [2.05, 4.69) is 15.1 Å². The average Bonchev–Trinajstić information content (AvgIpc) is 3.40. The van der Waals surface area contributed by atoms with E-state index in [1.54, 1.807) is 42.5 Å². The zero-order valence-corrected chi connectivity index (χ0v) is 23.5. The Morgan fingerprint density at radius 2 is 1.78 bits per heavy atom. The molecule has 2 amide bonds. The van der Waals surface area contributed by atoms with Gasteiger partial charge in [0.1, 0.15) is 16.4 Å². The van der Waals surface area contributed by atoms with E-state index in [1.807, 2.05) is 0 Å². The first-order valence-corrected chi connectivity index (χ1v) is 13.9. The second-order valence-corrected chi connectivity index (χ2v) is 10.7. The molecule has 0 radical (unpaired) electrons. The molecule has 12 nitrogen and oxygen atoms in total. The van der Waals surface area contributed by atoms with Crippen LogP contribution in [-0.4, -0.2) is 44.4 Å². The molecule has 41 heavy (non-hydrogen) atoms. The van der Waals surface area contributed by atoms with Crippen LogP contribution in [0.2, 0.25) is 5.02 Å². The summed E-state index contributed by atoms with van der Waals surface area (Å²) >= 11 is 6.17. The number of nitrogens with zero attached hydrogens (tertiary/aromatic N) is 2. The van der Waals surface area contributed by atoms with E-state index in [0.29, 0.717) is 27.6 Å². The maximum Gasteiger partial charge on any atom is 0.410 e. The molecule has 4 rings (SSSR count). The molecule has 0 saturated heterocycles. The number of primary amides is 1. The number of nitrogens with two attached hydrogens (primary N) is 1. The Kier molecular flexibility index (Phi) is 9.12. The number of amides is 2. The Bertz CT molecular complexity index is 1690. The van der Waals surface area contributed by atoms with E-state index >= 15 is 0 Å². The van der Waals surface area contributed by atoms with Crippen LogP contribution >= 0.6 is 11.6 Å². The molecule has 14 heteroatoms. The van der Waals surface area contributed by atoms with Crippen molar-refractivity contribution in [2.45, 2.75) is 17.9 Å². The van der Waals surface area contributed by atoms with Crippen molar-refractivity contribution in [3.63, 3.8) is 0 Å². The van der Waals surface area contributed by atoms with Gasteiger partial charge in [-0.25, -0.2) is 22.6 Å². The van der Waals surface area contributed by atoms with Gasteiger partial charge in [-0.3, -0.25) is 4.79 Å². The van der Waals surface area contributed by atoms with Crippen molar-refractivity contribution in [3.8, 4) is 22.9 Å². The topological polar surface area (TPSA) is 164 Å². The van der Waals surface area contributed by atoms with Crippen molar-refractivity contribution < 1.29 is 32.2 Å². The SMILES string of the molecule is COc1ccc(CNS(=O)(=O)c2cc(NC(=O)Cc3ccccc3Cl)ccc2-n2cc(OC(N)=O)cn2)c(OC)c1. The van der Waals surface area contributed by atoms with Gasteiger partial charge in [0, 0.05) is 28.9 Å². The number of benzene rings is 3. The van der Waals surface area contributed by atoms with Gasteiger partial charge in [0.25, 0.3) is 0 Å². The van der Waals surface area contributed by atoms with E-state index in [4.69, 9.17) is 31.5 Å². The van der Waals surface area contributed by atoms with Gasteiger partial charge in [-0.1, -0.05) is 35.9 Å². The van der Waals surface area contributed by atoms with E-state index < -0.39 is 22.0 Å². The summed E-state index contributed by atoms with van der Waals surface area (Å²) in [6.07, 6.45) is 1.42. The molecule has 1 heterocycles. The fourth-order valence-corrected chi connectivity index (χ4v) is 5.29. The van der Waals surface area contributed by atoms with Crippen LogP contribution in [0.3, 0.4) is 0 Å². The van der Waals surface area contributed by atoms with Gasteiger partial charge < -0.3 is 25.3 Å². The van der Waals surface area contributed by atoms with Crippen molar-refractivity contribution in [1.29, 1.82) is 0 Å². The minimum atomic E-state index is -4.22. The Labute approximate surface area is 241 Å². The summed E-state index contributed by atoms with van der Waals surface area (Å²) in [5.74, 6) is 0.576. The van der Waals surface area contributed by atoms with Crippen LogP contribution < -0.4 is 30.0 Å². The lowest BCUT2D eigenvalue weighted by Gasteiger charge is -2.15. The van der Waals surface area contributed by atoms with E-state index in [0.717, 1.165) is 0 Å². The van der Waals surface area contributed by atoms with Crippen molar-refractivity contribution in [3.05, 3.63) is 89.2 Å². The monoisotopic (exact) mass is 599 g/mol. The molecule has 0 bridgehead atoms. The molecule has 0 atom stereocenters. The van der Waals surface area contributed by atoms with Gasteiger partial charge in [-0.15, -0.1) is 0 Å². The predicted molar refractivity (Wildman–Crippen MR) is 151 cm³/mol. The number of sulfonamides is 1. The molecule has 0 spiro atoms. The van der Waals surface area contributed by atoms with Gasteiger partial charge >= 0.3 is 6.09 Å². The molecule has 0 saturated carbocycles. The highest BCUT2D eigenvalue weighted by Gasteiger charge is 2.23. The first-order chi connectivity index (χ1) is 19.6. The third-order valence-corrected chi connectivity index (χ3v) is 7.61. The second kappa shape index (κ2) is 12.7. The molecule has 3 aromatic carbocycles. The highest BCUT2D eigenvalue weighted by Crippen LogP contribution is 2.28. The first-order valence-electron chi connectivity index (χ1n) is 12.0. The number of rotatable bonds is 11. The molecule has 0 aliphatic carbocycles. The molecule has 4 aromatic rings. The molecule has 214 valence electrons. The highest BCUT2D eigenvalue weighted by molar-refractivity contribution is 7.89. The van der Waals surface area contributed by atoms with Gasteiger partial charge in [-0.05, 0) is 35.9 Å². The minimum absolute atomic E-state index is 0.00824. The summed E-state index contributed by atoms with van der Waals surface area (Å²) in [6, 6.07) is 16.2. The van der Waals surface area contributed by atoms with Crippen molar-refractivity contribution in [1.82, 2.24) is 14.5 Å². The molecular formula is C27H26ClN5O7S. The largest absolute Gasteiger partial charge is 0.497 e. The number of halogens is 1. The zero-order chi connectivity index (χ0) is 29.6. The van der Waals surface area contributed by atoms with Crippen LogP contribution in [0.25, 0.3) is 5.69 Å². The summed E-state index contributed by atoms with van der Waals surface area (Å²) < 4.78 is 46.4. The number of hydrogen-bond donors (Lipinski definition) is 3. The third kappa shape index (κ3) is 7.33. The Balaban J connectivity index is 1.66. The normalized spacial score (nSPS) is 11.1. The van der Waals surface area contributed by atoms with Crippen LogP contribution in [0.4, 0.5) is 10.5 Å². The summed E-state index contributed by atoms with van der Waals surface area (Å²) in [6.45, 7) is -0.118. The molecule has 0 aliphatic heterocycles. The lowest BCUT2D eigenvalue weighted by Crippen LogP contribution is -2.25. The molecule has 0 fully saturated rings. The first kappa shape index (κ1) is 29.4.